The van der Waals surface area contributed by atoms with E-state index in [1.165, 1.54) is 23.9 Å². The van der Waals surface area contributed by atoms with Crippen LogP contribution < -0.4 is 11.1 Å². The zero-order valence-corrected chi connectivity index (χ0v) is 12.4. The van der Waals surface area contributed by atoms with Gasteiger partial charge in [0.2, 0.25) is 5.91 Å². The summed E-state index contributed by atoms with van der Waals surface area (Å²) in [5.41, 5.74) is 7.07. The standard InChI is InChI=1S/C14H15FN4OS/c1-8-5-6-17-14(18-8)21-9(2)13(20)19-12-4-3-10(15)7-11(12)16/h3-7,9H,16H2,1-2H3,(H,19,20). The fourth-order valence-electron chi connectivity index (χ4n) is 1.58. The molecule has 0 bridgehead atoms. The average Bonchev–Trinajstić information content (AvgIpc) is 2.41. The summed E-state index contributed by atoms with van der Waals surface area (Å²) in [6.07, 6.45) is 1.65. The lowest BCUT2D eigenvalue weighted by Gasteiger charge is -2.12. The third-order valence-electron chi connectivity index (χ3n) is 2.70. The smallest absolute Gasteiger partial charge is 0.237 e. The van der Waals surface area contributed by atoms with Gasteiger partial charge in [-0.1, -0.05) is 11.8 Å². The van der Waals surface area contributed by atoms with Crippen LogP contribution >= 0.6 is 11.8 Å². The van der Waals surface area contributed by atoms with Crippen molar-refractivity contribution in [3.63, 3.8) is 0 Å². The number of thioether (sulfide) groups is 1. The average molecular weight is 306 g/mol. The van der Waals surface area contributed by atoms with E-state index < -0.39 is 11.1 Å². The molecule has 1 amide bonds. The molecule has 7 heteroatoms. The minimum atomic E-state index is -0.443. The zero-order valence-electron chi connectivity index (χ0n) is 11.6. The molecule has 0 aliphatic carbocycles. The molecule has 0 saturated heterocycles. The number of nitrogens with two attached hydrogens (primary N) is 1. The summed E-state index contributed by atoms with van der Waals surface area (Å²) in [7, 11) is 0. The number of nitrogen functional groups attached to an aromatic ring is 1. The minimum Gasteiger partial charge on any atom is -0.397 e. The summed E-state index contributed by atoms with van der Waals surface area (Å²) in [5, 5.41) is 2.79. The molecule has 0 fully saturated rings. The van der Waals surface area contributed by atoms with Crippen LogP contribution in [0.3, 0.4) is 0 Å². The van der Waals surface area contributed by atoms with Gasteiger partial charge in [-0.25, -0.2) is 14.4 Å². The van der Waals surface area contributed by atoms with E-state index in [4.69, 9.17) is 5.73 Å². The molecule has 1 atom stereocenters. The van der Waals surface area contributed by atoms with Crippen LogP contribution in [0.5, 0.6) is 0 Å². The first-order chi connectivity index (χ1) is 9.95. The van der Waals surface area contributed by atoms with Gasteiger partial charge in [0.1, 0.15) is 5.82 Å². The van der Waals surface area contributed by atoms with Gasteiger partial charge in [-0.3, -0.25) is 4.79 Å². The third kappa shape index (κ3) is 4.16. The molecule has 0 saturated carbocycles. The lowest BCUT2D eigenvalue weighted by molar-refractivity contribution is -0.115. The molecular formula is C14H15FN4OS. The lowest BCUT2D eigenvalue weighted by atomic mass is 10.2. The van der Waals surface area contributed by atoms with Crippen LogP contribution in [0.2, 0.25) is 0 Å². The monoisotopic (exact) mass is 306 g/mol. The maximum atomic E-state index is 13.0. The number of halogens is 1. The first-order valence-corrected chi connectivity index (χ1v) is 7.16. The Kier molecular flexibility index (Phi) is 4.74. The molecule has 2 rings (SSSR count). The highest BCUT2D eigenvalue weighted by Gasteiger charge is 2.17. The van der Waals surface area contributed by atoms with Crippen molar-refractivity contribution in [1.29, 1.82) is 0 Å². The predicted molar refractivity (Wildman–Crippen MR) is 81.5 cm³/mol. The van der Waals surface area contributed by atoms with Crippen LogP contribution in [0.1, 0.15) is 12.6 Å². The van der Waals surface area contributed by atoms with Crippen molar-refractivity contribution in [2.75, 3.05) is 11.1 Å². The fraction of sp³-hybridized carbons (Fsp3) is 0.214. The summed E-state index contributed by atoms with van der Waals surface area (Å²) < 4.78 is 13.0. The Morgan fingerprint density at radius 3 is 2.86 bits per heavy atom. The number of carbonyl (C=O) groups excluding carboxylic acids is 1. The minimum absolute atomic E-state index is 0.187. The van der Waals surface area contributed by atoms with E-state index in [2.05, 4.69) is 15.3 Å². The molecule has 1 heterocycles. The highest BCUT2D eigenvalue weighted by atomic mass is 32.2. The van der Waals surface area contributed by atoms with Crippen molar-refractivity contribution < 1.29 is 9.18 Å². The van der Waals surface area contributed by atoms with Crippen LogP contribution in [-0.4, -0.2) is 21.1 Å². The molecule has 2 aromatic rings. The van der Waals surface area contributed by atoms with Crippen LogP contribution in [0.4, 0.5) is 15.8 Å². The van der Waals surface area contributed by atoms with E-state index in [9.17, 15) is 9.18 Å². The largest absolute Gasteiger partial charge is 0.397 e. The van der Waals surface area contributed by atoms with Gasteiger partial charge in [-0.2, -0.15) is 0 Å². The number of hydrogen-bond acceptors (Lipinski definition) is 5. The second kappa shape index (κ2) is 6.53. The number of nitrogens with zero attached hydrogens (tertiary/aromatic N) is 2. The first-order valence-electron chi connectivity index (χ1n) is 6.28. The first kappa shape index (κ1) is 15.2. The Morgan fingerprint density at radius 1 is 1.43 bits per heavy atom. The molecule has 0 spiro atoms. The number of benzene rings is 1. The van der Waals surface area contributed by atoms with Crippen molar-refractivity contribution >= 4 is 29.0 Å². The van der Waals surface area contributed by atoms with Crippen molar-refractivity contribution in [2.24, 2.45) is 0 Å². The predicted octanol–water partition coefficient (Wildman–Crippen LogP) is 2.63. The number of amides is 1. The summed E-state index contributed by atoms with van der Waals surface area (Å²) >= 11 is 1.24. The molecule has 0 aliphatic heterocycles. The van der Waals surface area contributed by atoms with E-state index in [-0.39, 0.29) is 11.6 Å². The van der Waals surface area contributed by atoms with Gasteiger partial charge < -0.3 is 11.1 Å². The quantitative estimate of drug-likeness (QED) is 0.515. The Labute approximate surface area is 126 Å². The van der Waals surface area contributed by atoms with Crippen LogP contribution in [0.25, 0.3) is 0 Å². The summed E-state index contributed by atoms with van der Waals surface area (Å²) in [6.45, 7) is 3.60. The SMILES string of the molecule is Cc1ccnc(SC(C)C(=O)Nc2ccc(F)cc2N)n1. The van der Waals surface area contributed by atoms with E-state index in [0.29, 0.717) is 10.8 Å². The Hall–Kier alpha value is -2.15. The molecule has 3 N–H and O–H groups in total. The maximum Gasteiger partial charge on any atom is 0.237 e. The van der Waals surface area contributed by atoms with Crippen LogP contribution in [0.15, 0.2) is 35.6 Å². The molecular weight excluding hydrogens is 291 g/mol. The van der Waals surface area contributed by atoms with Gasteiger partial charge >= 0.3 is 0 Å². The van der Waals surface area contributed by atoms with E-state index >= 15 is 0 Å². The molecule has 0 radical (unpaired) electrons. The molecule has 5 nitrogen and oxygen atoms in total. The summed E-state index contributed by atoms with van der Waals surface area (Å²) in [4.78, 5) is 20.4. The number of rotatable bonds is 4. The van der Waals surface area contributed by atoms with E-state index in [1.54, 1.807) is 19.2 Å². The topological polar surface area (TPSA) is 80.9 Å². The van der Waals surface area contributed by atoms with Crippen LogP contribution in [-0.2, 0) is 4.79 Å². The fourth-order valence-corrected chi connectivity index (χ4v) is 2.38. The third-order valence-corrected chi connectivity index (χ3v) is 3.67. The van der Waals surface area contributed by atoms with E-state index in [1.807, 2.05) is 6.92 Å². The molecule has 1 aromatic heterocycles. The van der Waals surface area contributed by atoms with E-state index in [0.717, 1.165) is 11.8 Å². The zero-order chi connectivity index (χ0) is 15.4. The molecule has 1 unspecified atom stereocenters. The maximum absolute atomic E-state index is 13.0. The number of nitrogens with one attached hydrogen (secondary N) is 1. The van der Waals surface area contributed by atoms with Gasteiger partial charge in [0.25, 0.3) is 0 Å². The number of aromatic nitrogens is 2. The molecule has 1 aromatic carbocycles. The summed E-state index contributed by atoms with van der Waals surface area (Å²) in [5.74, 6) is -0.690. The van der Waals surface area contributed by atoms with Crippen molar-refractivity contribution in [3.05, 3.63) is 42.0 Å². The Balaban J connectivity index is 2.02. The second-order valence-corrected chi connectivity index (χ2v) is 5.77. The summed E-state index contributed by atoms with van der Waals surface area (Å²) in [6, 6.07) is 5.63. The van der Waals surface area contributed by atoms with Gasteiger partial charge in [-0.15, -0.1) is 0 Å². The Morgan fingerprint density at radius 2 is 2.19 bits per heavy atom. The highest BCUT2D eigenvalue weighted by Crippen LogP contribution is 2.23. The number of hydrogen-bond donors (Lipinski definition) is 2. The van der Waals surface area contributed by atoms with Gasteiger partial charge in [-0.05, 0) is 38.1 Å². The van der Waals surface area contributed by atoms with Crippen LogP contribution in [0, 0.1) is 12.7 Å². The number of carbonyl (C=O) groups is 1. The van der Waals surface area contributed by atoms with Crippen molar-refractivity contribution in [1.82, 2.24) is 9.97 Å². The molecule has 21 heavy (non-hydrogen) atoms. The van der Waals surface area contributed by atoms with Gasteiger partial charge in [0.05, 0.1) is 16.6 Å². The van der Waals surface area contributed by atoms with Crippen molar-refractivity contribution in [3.8, 4) is 0 Å². The second-order valence-electron chi connectivity index (χ2n) is 4.46. The number of aryl methyl sites for hydroxylation is 1. The van der Waals surface area contributed by atoms with Crippen molar-refractivity contribution in [2.45, 2.75) is 24.3 Å². The Bertz CT molecular complexity index is 665. The molecule has 110 valence electrons. The molecule has 0 aliphatic rings. The lowest BCUT2D eigenvalue weighted by Crippen LogP contribution is -2.23. The van der Waals surface area contributed by atoms with Gasteiger partial charge in [0, 0.05) is 11.9 Å². The number of anilines is 2. The normalized spacial score (nSPS) is 12.0. The van der Waals surface area contributed by atoms with Gasteiger partial charge in [0.15, 0.2) is 5.16 Å². The highest BCUT2D eigenvalue weighted by molar-refractivity contribution is 8.00.